The van der Waals surface area contributed by atoms with E-state index in [9.17, 15) is 0 Å². The van der Waals surface area contributed by atoms with E-state index in [2.05, 4.69) is 41.8 Å². The second-order valence-corrected chi connectivity index (χ2v) is 4.91. The molecule has 3 nitrogen and oxygen atoms in total. The number of benzene rings is 1. The van der Waals surface area contributed by atoms with Crippen molar-refractivity contribution in [2.24, 2.45) is 5.73 Å². The number of nitrogens with two attached hydrogens (primary N) is 1. The van der Waals surface area contributed by atoms with Gasteiger partial charge in [-0.25, -0.2) is 0 Å². The minimum Gasteiger partial charge on any atom is -0.369 e. The van der Waals surface area contributed by atoms with Gasteiger partial charge in [-0.2, -0.15) is 0 Å². The van der Waals surface area contributed by atoms with E-state index < -0.39 is 0 Å². The zero-order valence-corrected chi connectivity index (χ0v) is 10.9. The van der Waals surface area contributed by atoms with E-state index in [0.29, 0.717) is 0 Å². The van der Waals surface area contributed by atoms with E-state index in [0.717, 1.165) is 39.3 Å². The zero-order valence-electron chi connectivity index (χ0n) is 10.9. The third kappa shape index (κ3) is 2.99. The Morgan fingerprint density at radius 2 is 1.82 bits per heavy atom. The number of hydrogen-bond donors (Lipinski definition) is 1. The van der Waals surface area contributed by atoms with Gasteiger partial charge in [-0.15, -0.1) is 0 Å². The number of rotatable bonds is 3. The molecule has 1 heterocycles. The smallest absolute Gasteiger partial charge is 0.0396 e. The Hall–Kier alpha value is -1.06. The summed E-state index contributed by atoms with van der Waals surface area (Å²) in [6.45, 7) is 10.6. The van der Waals surface area contributed by atoms with Crippen LogP contribution >= 0.6 is 0 Å². The van der Waals surface area contributed by atoms with Crippen LogP contribution in [-0.2, 0) is 0 Å². The topological polar surface area (TPSA) is 32.5 Å². The highest BCUT2D eigenvalue weighted by Gasteiger charge is 2.17. The van der Waals surface area contributed by atoms with E-state index >= 15 is 0 Å². The fraction of sp³-hybridized carbons (Fsp3) is 0.571. The molecule has 17 heavy (non-hydrogen) atoms. The summed E-state index contributed by atoms with van der Waals surface area (Å²) in [5.41, 5.74) is 9.71. The number of anilines is 1. The van der Waals surface area contributed by atoms with E-state index in [1.165, 1.54) is 16.8 Å². The minimum atomic E-state index is 0.767. The molecule has 2 N–H and O–H groups in total. The Morgan fingerprint density at radius 3 is 2.41 bits per heavy atom. The van der Waals surface area contributed by atoms with Crippen LogP contribution in [0.3, 0.4) is 0 Å². The lowest BCUT2D eigenvalue weighted by molar-refractivity contribution is 0.265. The molecule has 1 aliphatic rings. The molecule has 0 amide bonds. The lowest BCUT2D eigenvalue weighted by Gasteiger charge is -2.36. The molecule has 2 rings (SSSR count). The Morgan fingerprint density at radius 1 is 1.12 bits per heavy atom. The molecule has 0 aromatic heterocycles. The summed E-state index contributed by atoms with van der Waals surface area (Å²) >= 11 is 0. The van der Waals surface area contributed by atoms with Crippen LogP contribution < -0.4 is 10.6 Å². The molecule has 1 aromatic carbocycles. The van der Waals surface area contributed by atoms with Gasteiger partial charge in [0.05, 0.1) is 0 Å². The molecule has 0 saturated carbocycles. The Labute approximate surface area is 104 Å². The summed E-state index contributed by atoms with van der Waals surface area (Å²) < 4.78 is 0. The van der Waals surface area contributed by atoms with Gasteiger partial charge in [0, 0.05) is 45.0 Å². The van der Waals surface area contributed by atoms with Crippen LogP contribution in [0.2, 0.25) is 0 Å². The van der Waals surface area contributed by atoms with Crippen molar-refractivity contribution in [3.05, 3.63) is 29.3 Å². The van der Waals surface area contributed by atoms with E-state index in [-0.39, 0.29) is 0 Å². The first-order chi connectivity index (χ1) is 8.20. The van der Waals surface area contributed by atoms with Crippen LogP contribution in [0.1, 0.15) is 11.1 Å². The van der Waals surface area contributed by atoms with Gasteiger partial charge in [-0.1, -0.05) is 17.7 Å². The molecular weight excluding hydrogens is 210 g/mol. The summed E-state index contributed by atoms with van der Waals surface area (Å²) in [4.78, 5) is 4.93. The van der Waals surface area contributed by atoms with Gasteiger partial charge in [-0.05, 0) is 25.5 Å². The van der Waals surface area contributed by atoms with Crippen molar-refractivity contribution in [2.45, 2.75) is 13.8 Å². The van der Waals surface area contributed by atoms with Crippen LogP contribution in [-0.4, -0.2) is 44.2 Å². The van der Waals surface area contributed by atoms with Crippen LogP contribution in [0, 0.1) is 13.8 Å². The third-order valence-electron chi connectivity index (χ3n) is 3.51. The van der Waals surface area contributed by atoms with Crippen molar-refractivity contribution in [2.75, 3.05) is 44.2 Å². The highest BCUT2D eigenvalue weighted by atomic mass is 15.3. The molecule has 94 valence electrons. The SMILES string of the molecule is Cc1ccc(N2CCN(CCN)CC2)c(C)c1. The molecule has 0 radical (unpaired) electrons. The molecule has 1 aliphatic heterocycles. The lowest BCUT2D eigenvalue weighted by atomic mass is 10.1. The van der Waals surface area contributed by atoms with Crippen LogP contribution in [0.5, 0.6) is 0 Å². The average Bonchev–Trinajstić information content (AvgIpc) is 2.31. The molecule has 0 bridgehead atoms. The summed E-state index contributed by atoms with van der Waals surface area (Å²) in [6.07, 6.45) is 0. The summed E-state index contributed by atoms with van der Waals surface area (Å²) in [6, 6.07) is 6.72. The van der Waals surface area contributed by atoms with Crippen LogP contribution in [0.25, 0.3) is 0 Å². The monoisotopic (exact) mass is 233 g/mol. The second-order valence-electron chi connectivity index (χ2n) is 4.91. The molecule has 0 unspecified atom stereocenters. The maximum atomic E-state index is 5.59. The Kier molecular flexibility index (Phi) is 4.02. The molecular formula is C14H23N3. The van der Waals surface area contributed by atoms with Crippen LogP contribution in [0.4, 0.5) is 5.69 Å². The molecule has 0 atom stereocenters. The maximum Gasteiger partial charge on any atom is 0.0396 e. The number of nitrogens with zero attached hydrogens (tertiary/aromatic N) is 2. The standard InChI is InChI=1S/C14H23N3/c1-12-3-4-14(13(2)11-12)17-9-7-16(6-5-15)8-10-17/h3-4,11H,5-10,15H2,1-2H3. The van der Waals surface area contributed by atoms with E-state index in [1.54, 1.807) is 0 Å². The van der Waals surface area contributed by atoms with Gasteiger partial charge in [0.1, 0.15) is 0 Å². The number of hydrogen-bond acceptors (Lipinski definition) is 3. The Balaban J connectivity index is 2.00. The number of piperazine rings is 1. The van der Waals surface area contributed by atoms with Crippen molar-refractivity contribution in [3.63, 3.8) is 0 Å². The van der Waals surface area contributed by atoms with Gasteiger partial charge < -0.3 is 10.6 Å². The average molecular weight is 233 g/mol. The quantitative estimate of drug-likeness (QED) is 0.856. The van der Waals surface area contributed by atoms with Crippen molar-refractivity contribution in [1.82, 2.24) is 4.90 Å². The van der Waals surface area contributed by atoms with Crippen molar-refractivity contribution < 1.29 is 0 Å². The van der Waals surface area contributed by atoms with E-state index in [4.69, 9.17) is 5.73 Å². The minimum absolute atomic E-state index is 0.767. The predicted octanol–water partition coefficient (Wildman–Crippen LogP) is 1.38. The summed E-state index contributed by atoms with van der Waals surface area (Å²) in [7, 11) is 0. The van der Waals surface area contributed by atoms with Gasteiger partial charge >= 0.3 is 0 Å². The lowest BCUT2D eigenvalue weighted by Crippen LogP contribution is -2.48. The number of aryl methyl sites for hydroxylation is 2. The molecule has 1 aromatic rings. The highest BCUT2D eigenvalue weighted by Crippen LogP contribution is 2.22. The van der Waals surface area contributed by atoms with Crippen molar-refractivity contribution in [3.8, 4) is 0 Å². The molecule has 1 fully saturated rings. The molecule has 0 spiro atoms. The van der Waals surface area contributed by atoms with Crippen LogP contribution in [0.15, 0.2) is 18.2 Å². The molecule has 1 saturated heterocycles. The first-order valence-corrected chi connectivity index (χ1v) is 6.45. The van der Waals surface area contributed by atoms with Gasteiger partial charge in [0.2, 0.25) is 0 Å². The predicted molar refractivity (Wildman–Crippen MR) is 73.6 cm³/mol. The van der Waals surface area contributed by atoms with Crippen molar-refractivity contribution in [1.29, 1.82) is 0 Å². The third-order valence-corrected chi connectivity index (χ3v) is 3.51. The second kappa shape index (κ2) is 5.52. The van der Waals surface area contributed by atoms with E-state index in [1.807, 2.05) is 0 Å². The Bertz CT molecular complexity index is 368. The summed E-state index contributed by atoms with van der Waals surface area (Å²) in [5.74, 6) is 0. The first-order valence-electron chi connectivity index (χ1n) is 6.45. The highest BCUT2D eigenvalue weighted by molar-refractivity contribution is 5.54. The van der Waals surface area contributed by atoms with Crippen molar-refractivity contribution >= 4 is 5.69 Å². The normalized spacial score (nSPS) is 17.5. The fourth-order valence-corrected chi connectivity index (χ4v) is 2.56. The molecule has 0 aliphatic carbocycles. The maximum absolute atomic E-state index is 5.59. The first kappa shape index (κ1) is 12.4. The molecule has 3 heteroatoms. The van der Waals surface area contributed by atoms with Gasteiger partial charge in [0.15, 0.2) is 0 Å². The van der Waals surface area contributed by atoms with Gasteiger partial charge in [-0.3, -0.25) is 4.90 Å². The fourth-order valence-electron chi connectivity index (χ4n) is 2.56. The van der Waals surface area contributed by atoms with Gasteiger partial charge in [0.25, 0.3) is 0 Å². The summed E-state index contributed by atoms with van der Waals surface area (Å²) in [5, 5.41) is 0. The zero-order chi connectivity index (χ0) is 12.3. The largest absolute Gasteiger partial charge is 0.369 e.